The minimum absolute atomic E-state index is 0.0434. The third-order valence-corrected chi connectivity index (χ3v) is 5.19. The Morgan fingerprint density at radius 2 is 1.93 bits per heavy atom. The van der Waals surface area contributed by atoms with Crippen LogP contribution in [-0.4, -0.2) is 45.6 Å². The molecule has 1 N–H and O–H groups in total. The van der Waals surface area contributed by atoms with Gasteiger partial charge in [-0.05, 0) is 37.1 Å². The van der Waals surface area contributed by atoms with Gasteiger partial charge in [-0.2, -0.15) is 5.10 Å². The third-order valence-electron chi connectivity index (χ3n) is 5.19. The topological polar surface area (TPSA) is 97.4 Å². The molecule has 150 valence electrons. The molecule has 1 saturated heterocycles. The van der Waals surface area contributed by atoms with Gasteiger partial charge in [0.05, 0.1) is 24.5 Å². The monoisotopic (exact) mass is 394 g/mol. The molecular weight excluding hydrogens is 372 g/mol. The molecule has 0 saturated carbocycles. The van der Waals surface area contributed by atoms with Gasteiger partial charge in [0.25, 0.3) is 5.91 Å². The van der Waals surface area contributed by atoms with Crippen LogP contribution in [-0.2, 0) is 11.3 Å². The van der Waals surface area contributed by atoms with E-state index < -0.39 is 0 Å². The molecule has 0 unspecified atom stereocenters. The quantitative estimate of drug-likeness (QED) is 0.712. The van der Waals surface area contributed by atoms with Crippen molar-refractivity contribution in [2.75, 3.05) is 13.1 Å². The van der Waals surface area contributed by atoms with Gasteiger partial charge in [-0.25, -0.2) is 0 Å². The highest BCUT2D eigenvalue weighted by atomic mass is 16.3. The highest BCUT2D eigenvalue weighted by Gasteiger charge is 2.25. The molecule has 0 radical (unpaired) electrons. The SMILES string of the molecule is O=C(CCn1ncc(=O)c2ccccc21)NC1CCN(C(=O)c2ccco2)CC1. The first kappa shape index (κ1) is 18.9. The largest absolute Gasteiger partial charge is 0.459 e. The van der Waals surface area contributed by atoms with Gasteiger partial charge in [-0.1, -0.05) is 12.1 Å². The first-order valence-electron chi connectivity index (χ1n) is 9.69. The standard InChI is InChI=1S/C21H22N4O4/c26-18-14-22-25(17-5-2-1-4-16(17)18)12-9-20(27)23-15-7-10-24(11-8-15)21(28)19-6-3-13-29-19/h1-6,13-15H,7-12H2,(H,23,27). The number of fused-ring (bicyclic) bond motifs is 1. The number of carbonyl (C=O) groups excluding carboxylic acids is 2. The minimum atomic E-state index is -0.128. The number of furan rings is 1. The van der Waals surface area contributed by atoms with E-state index in [1.807, 2.05) is 18.2 Å². The molecule has 1 fully saturated rings. The van der Waals surface area contributed by atoms with Gasteiger partial charge in [-0.3, -0.25) is 19.1 Å². The van der Waals surface area contributed by atoms with E-state index in [1.54, 1.807) is 27.8 Å². The van der Waals surface area contributed by atoms with Crippen molar-refractivity contribution in [1.29, 1.82) is 0 Å². The zero-order valence-electron chi connectivity index (χ0n) is 15.9. The van der Waals surface area contributed by atoms with Crippen molar-refractivity contribution >= 4 is 22.7 Å². The molecule has 3 heterocycles. The molecule has 1 aliphatic rings. The Morgan fingerprint density at radius 1 is 1.14 bits per heavy atom. The molecule has 2 aromatic heterocycles. The van der Waals surface area contributed by atoms with Gasteiger partial charge in [0.2, 0.25) is 11.3 Å². The molecule has 0 spiro atoms. The van der Waals surface area contributed by atoms with Crippen LogP contribution in [0.25, 0.3) is 10.9 Å². The molecule has 0 bridgehead atoms. The number of aryl methyl sites for hydroxylation is 1. The van der Waals surface area contributed by atoms with Gasteiger partial charge in [0.1, 0.15) is 0 Å². The second-order valence-electron chi connectivity index (χ2n) is 7.11. The number of carbonyl (C=O) groups is 2. The summed E-state index contributed by atoms with van der Waals surface area (Å²) in [6.07, 6.45) is 4.45. The van der Waals surface area contributed by atoms with Crippen molar-refractivity contribution in [3.8, 4) is 0 Å². The third kappa shape index (κ3) is 4.21. The molecule has 1 aliphatic heterocycles. The summed E-state index contributed by atoms with van der Waals surface area (Å²) in [6, 6.07) is 10.6. The van der Waals surface area contributed by atoms with Crippen molar-refractivity contribution in [1.82, 2.24) is 20.0 Å². The number of nitrogens with one attached hydrogen (secondary N) is 1. The van der Waals surface area contributed by atoms with Crippen LogP contribution in [0, 0.1) is 0 Å². The average Bonchev–Trinajstić information content (AvgIpc) is 3.28. The summed E-state index contributed by atoms with van der Waals surface area (Å²) in [5.41, 5.74) is 0.592. The summed E-state index contributed by atoms with van der Waals surface area (Å²) in [4.78, 5) is 38.3. The van der Waals surface area contributed by atoms with Crippen LogP contribution in [0.3, 0.4) is 0 Å². The van der Waals surface area contributed by atoms with Crippen LogP contribution in [0.5, 0.6) is 0 Å². The number of piperidine rings is 1. The normalized spacial score (nSPS) is 14.8. The van der Waals surface area contributed by atoms with Crippen LogP contribution >= 0.6 is 0 Å². The average molecular weight is 394 g/mol. The van der Waals surface area contributed by atoms with Gasteiger partial charge in [0, 0.05) is 30.9 Å². The molecule has 0 aliphatic carbocycles. The second-order valence-corrected chi connectivity index (χ2v) is 7.11. The van der Waals surface area contributed by atoms with Crippen LogP contribution in [0.15, 0.2) is 58.1 Å². The Balaban J connectivity index is 1.29. The number of amides is 2. The lowest BCUT2D eigenvalue weighted by Crippen LogP contribution is -2.46. The number of aromatic nitrogens is 2. The molecule has 0 atom stereocenters. The van der Waals surface area contributed by atoms with E-state index >= 15 is 0 Å². The van der Waals surface area contributed by atoms with E-state index in [0.717, 1.165) is 5.52 Å². The number of nitrogens with zero attached hydrogens (tertiary/aromatic N) is 3. The van der Waals surface area contributed by atoms with Gasteiger partial charge in [0.15, 0.2) is 5.76 Å². The Morgan fingerprint density at radius 3 is 2.69 bits per heavy atom. The van der Waals surface area contributed by atoms with E-state index in [4.69, 9.17) is 4.42 Å². The fourth-order valence-electron chi connectivity index (χ4n) is 3.63. The lowest BCUT2D eigenvalue weighted by atomic mass is 10.0. The van der Waals surface area contributed by atoms with E-state index in [1.165, 1.54) is 12.5 Å². The predicted octanol–water partition coefficient (Wildman–Crippen LogP) is 1.80. The van der Waals surface area contributed by atoms with E-state index in [-0.39, 0.29) is 29.7 Å². The van der Waals surface area contributed by atoms with Crippen molar-refractivity contribution in [3.63, 3.8) is 0 Å². The van der Waals surface area contributed by atoms with Gasteiger partial charge in [-0.15, -0.1) is 0 Å². The second kappa shape index (κ2) is 8.30. The van der Waals surface area contributed by atoms with E-state index in [9.17, 15) is 14.4 Å². The summed E-state index contributed by atoms with van der Waals surface area (Å²) in [5, 5.41) is 7.78. The maximum absolute atomic E-state index is 12.4. The summed E-state index contributed by atoms with van der Waals surface area (Å²) >= 11 is 0. The van der Waals surface area contributed by atoms with Crippen molar-refractivity contribution in [2.45, 2.75) is 31.8 Å². The van der Waals surface area contributed by atoms with Crippen molar-refractivity contribution < 1.29 is 14.0 Å². The molecule has 29 heavy (non-hydrogen) atoms. The zero-order valence-corrected chi connectivity index (χ0v) is 15.9. The minimum Gasteiger partial charge on any atom is -0.459 e. The number of likely N-dealkylation sites (tertiary alicyclic amines) is 1. The fourth-order valence-corrected chi connectivity index (χ4v) is 3.63. The molecule has 3 aromatic rings. The van der Waals surface area contributed by atoms with Crippen LogP contribution < -0.4 is 10.7 Å². The van der Waals surface area contributed by atoms with Crippen molar-refractivity contribution in [2.24, 2.45) is 0 Å². The number of rotatable bonds is 5. The fraction of sp³-hybridized carbons (Fsp3) is 0.333. The molecule has 8 nitrogen and oxygen atoms in total. The molecule has 1 aromatic carbocycles. The lowest BCUT2D eigenvalue weighted by molar-refractivity contribution is -0.122. The molecular formula is C21H22N4O4. The van der Waals surface area contributed by atoms with Gasteiger partial charge < -0.3 is 14.6 Å². The number of para-hydroxylation sites is 1. The summed E-state index contributed by atoms with van der Waals surface area (Å²) in [6.45, 7) is 1.55. The smallest absolute Gasteiger partial charge is 0.289 e. The van der Waals surface area contributed by atoms with Crippen molar-refractivity contribution in [3.05, 3.63) is 64.8 Å². The zero-order chi connectivity index (χ0) is 20.2. The summed E-state index contributed by atoms with van der Waals surface area (Å²) in [7, 11) is 0. The molecule has 8 heteroatoms. The first-order valence-corrected chi connectivity index (χ1v) is 9.69. The maximum atomic E-state index is 12.4. The highest BCUT2D eigenvalue weighted by Crippen LogP contribution is 2.15. The number of hydrogen-bond acceptors (Lipinski definition) is 5. The number of benzene rings is 1. The molecule has 2 amide bonds. The van der Waals surface area contributed by atoms with Crippen LogP contribution in [0.4, 0.5) is 0 Å². The first-order chi connectivity index (χ1) is 14.1. The summed E-state index contributed by atoms with van der Waals surface area (Å²) in [5.74, 6) is 0.162. The molecule has 4 rings (SSSR count). The highest BCUT2D eigenvalue weighted by molar-refractivity contribution is 5.91. The Labute approximate surface area is 167 Å². The van der Waals surface area contributed by atoms with Crippen LogP contribution in [0.2, 0.25) is 0 Å². The summed E-state index contributed by atoms with van der Waals surface area (Å²) < 4.78 is 6.84. The predicted molar refractivity (Wildman–Crippen MR) is 106 cm³/mol. The lowest BCUT2D eigenvalue weighted by Gasteiger charge is -2.31. The Kier molecular flexibility index (Phi) is 5.41. The van der Waals surface area contributed by atoms with Gasteiger partial charge >= 0.3 is 0 Å². The maximum Gasteiger partial charge on any atom is 0.289 e. The van der Waals surface area contributed by atoms with E-state index in [0.29, 0.717) is 43.6 Å². The Hall–Kier alpha value is -3.42. The van der Waals surface area contributed by atoms with E-state index in [2.05, 4.69) is 10.4 Å². The number of hydrogen-bond donors (Lipinski definition) is 1. The van der Waals surface area contributed by atoms with Crippen LogP contribution in [0.1, 0.15) is 29.8 Å². The Bertz CT molecular complexity index is 1070.